The van der Waals surface area contributed by atoms with E-state index < -0.39 is 0 Å². The van der Waals surface area contributed by atoms with E-state index >= 15 is 0 Å². The first-order valence-corrected chi connectivity index (χ1v) is 8.41. The van der Waals surface area contributed by atoms with Gasteiger partial charge in [0.25, 0.3) is 0 Å². The van der Waals surface area contributed by atoms with E-state index in [9.17, 15) is 4.79 Å². The van der Waals surface area contributed by atoms with Crippen LogP contribution in [0.2, 0.25) is 0 Å². The van der Waals surface area contributed by atoms with E-state index in [4.69, 9.17) is 9.47 Å². The quantitative estimate of drug-likeness (QED) is 0.772. The fourth-order valence-electron chi connectivity index (χ4n) is 3.61. The third kappa shape index (κ3) is 4.41. The summed E-state index contributed by atoms with van der Waals surface area (Å²) in [5, 5.41) is 3.84. The van der Waals surface area contributed by atoms with E-state index in [1.807, 2.05) is 0 Å². The minimum Gasteiger partial charge on any atom is -0.468 e. The molecule has 120 valence electrons. The minimum atomic E-state index is -0.127. The van der Waals surface area contributed by atoms with E-state index in [0.717, 1.165) is 44.9 Å². The summed E-state index contributed by atoms with van der Waals surface area (Å²) in [7, 11) is 1.46. The Hall–Kier alpha value is -0.650. The molecule has 3 aliphatic rings. The first kappa shape index (κ1) is 15.3. The molecule has 2 atom stereocenters. The molecule has 2 heterocycles. The van der Waals surface area contributed by atoms with Crippen molar-refractivity contribution in [1.82, 2.24) is 10.2 Å². The van der Waals surface area contributed by atoms with Gasteiger partial charge in [-0.25, -0.2) is 0 Å². The van der Waals surface area contributed by atoms with Crippen molar-refractivity contribution >= 4 is 5.97 Å². The molecule has 2 aliphatic heterocycles. The van der Waals surface area contributed by atoms with Gasteiger partial charge in [-0.15, -0.1) is 0 Å². The number of methoxy groups -OCH3 is 1. The second-order valence-electron chi connectivity index (χ2n) is 6.76. The van der Waals surface area contributed by atoms with Crippen molar-refractivity contribution in [2.45, 2.75) is 56.7 Å². The molecule has 0 aromatic rings. The van der Waals surface area contributed by atoms with E-state index in [-0.39, 0.29) is 5.97 Å². The highest BCUT2D eigenvalue weighted by Crippen LogP contribution is 2.38. The SMILES string of the molecule is COC(=O)CN1CCC(N[C@@H]2CCO[C@@H](C3CC3)C2)CC1. The number of hydrogen-bond acceptors (Lipinski definition) is 5. The van der Waals surface area contributed by atoms with Crippen LogP contribution in [-0.4, -0.2) is 62.4 Å². The summed E-state index contributed by atoms with van der Waals surface area (Å²) >= 11 is 0. The lowest BCUT2D eigenvalue weighted by Crippen LogP contribution is -2.49. The average Bonchev–Trinajstić information content (AvgIpc) is 3.34. The lowest BCUT2D eigenvalue weighted by Gasteiger charge is -2.37. The maximum absolute atomic E-state index is 11.3. The summed E-state index contributed by atoms with van der Waals surface area (Å²) in [5.74, 6) is 0.717. The first-order valence-electron chi connectivity index (χ1n) is 8.41. The summed E-state index contributed by atoms with van der Waals surface area (Å²) in [5.41, 5.74) is 0. The molecule has 3 fully saturated rings. The molecular weight excluding hydrogens is 268 g/mol. The van der Waals surface area contributed by atoms with Crippen LogP contribution < -0.4 is 5.32 Å². The number of piperidine rings is 1. The standard InChI is InChI=1S/C16H28N2O3/c1-20-16(19)11-18-7-4-13(5-8-18)17-14-6-9-21-15(10-14)12-2-3-12/h12-15,17H,2-11H2,1H3/t14-,15-/m1/s1. The van der Waals surface area contributed by atoms with Crippen molar-refractivity contribution in [3.05, 3.63) is 0 Å². The molecule has 0 amide bonds. The largest absolute Gasteiger partial charge is 0.468 e. The third-order valence-corrected chi connectivity index (χ3v) is 5.10. The summed E-state index contributed by atoms with van der Waals surface area (Å²) in [6.07, 6.45) is 7.83. The second kappa shape index (κ2) is 7.07. The fourth-order valence-corrected chi connectivity index (χ4v) is 3.61. The number of nitrogens with one attached hydrogen (secondary N) is 1. The predicted octanol–water partition coefficient (Wildman–Crippen LogP) is 1.17. The summed E-state index contributed by atoms with van der Waals surface area (Å²) < 4.78 is 10.6. The summed E-state index contributed by atoms with van der Waals surface area (Å²) in [6, 6.07) is 1.23. The smallest absolute Gasteiger partial charge is 0.319 e. The number of rotatable bonds is 5. The van der Waals surface area contributed by atoms with Gasteiger partial charge < -0.3 is 14.8 Å². The van der Waals surface area contributed by atoms with Gasteiger partial charge in [0.15, 0.2) is 0 Å². The Labute approximate surface area is 127 Å². The molecule has 21 heavy (non-hydrogen) atoms. The molecule has 0 spiro atoms. The van der Waals surface area contributed by atoms with Crippen LogP contribution in [0.15, 0.2) is 0 Å². The second-order valence-corrected chi connectivity index (χ2v) is 6.76. The van der Waals surface area contributed by atoms with Crippen LogP contribution >= 0.6 is 0 Å². The van der Waals surface area contributed by atoms with Gasteiger partial charge in [0.2, 0.25) is 0 Å². The van der Waals surface area contributed by atoms with Gasteiger partial charge in [-0.3, -0.25) is 9.69 Å². The highest BCUT2D eigenvalue weighted by Gasteiger charge is 2.36. The molecule has 1 N–H and O–H groups in total. The zero-order chi connectivity index (χ0) is 14.7. The zero-order valence-electron chi connectivity index (χ0n) is 13.1. The van der Waals surface area contributed by atoms with Crippen LogP contribution in [0, 0.1) is 5.92 Å². The highest BCUT2D eigenvalue weighted by molar-refractivity contribution is 5.71. The molecule has 3 rings (SSSR count). The molecule has 1 saturated carbocycles. The molecule has 5 heteroatoms. The summed E-state index contributed by atoms with van der Waals surface area (Å²) in [4.78, 5) is 13.5. The molecule has 0 radical (unpaired) electrons. The number of hydrogen-bond donors (Lipinski definition) is 1. The molecule has 0 unspecified atom stereocenters. The third-order valence-electron chi connectivity index (χ3n) is 5.10. The highest BCUT2D eigenvalue weighted by atomic mass is 16.5. The number of ether oxygens (including phenoxy) is 2. The van der Waals surface area contributed by atoms with E-state index in [1.165, 1.54) is 26.4 Å². The number of esters is 1. The lowest BCUT2D eigenvalue weighted by atomic mass is 9.97. The molecule has 2 saturated heterocycles. The van der Waals surface area contributed by atoms with E-state index in [2.05, 4.69) is 10.2 Å². The Morgan fingerprint density at radius 1 is 1.19 bits per heavy atom. The number of likely N-dealkylation sites (tertiary alicyclic amines) is 1. The van der Waals surface area contributed by atoms with Gasteiger partial charge >= 0.3 is 5.97 Å². The normalized spacial score (nSPS) is 32.0. The Morgan fingerprint density at radius 3 is 2.62 bits per heavy atom. The van der Waals surface area contributed by atoms with Gasteiger partial charge in [0.05, 0.1) is 19.8 Å². The number of nitrogens with zero attached hydrogens (tertiary/aromatic N) is 1. The van der Waals surface area contributed by atoms with Crippen molar-refractivity contribution in [1.29, 1.82) is 0 Å². The average molecular weight is 296 g/mol. The number of carbonyl (C=O) groups excluding carboxylic acids is 1. The van der Waals surface area contributed by atoms with Gasteiger partial charge in [-0.2, -0.15) is 0 Å². The van der Waals surface area contributed by atoms with Crippen molar-refractivity contribution < 1.29 is 14.3 Å². The van der Waals surface area contributed by atoms with Gasteiger partial charge in [-0.05, 0) is 44.4 Å². The fraction of sp³-hybridized carbons (Fsp3) is 0.938. The first-order chi connectivity index (χ1) is 10.2. The van der Waals surface area contributed by atoms with Crippen molar-refractivity contribution in [2.24, 2.45) is 5.92 Å². The molecular formula is C16H28N2O3. The van der Waals surface area contributed by atoms with Crippen LogP contribution in [0.1, 0.15) is 38.5 Å². The van der Waals surface area contributed by atoms with E-state index in [1.54, 1.807) is 0 Å². The Bertz CT molecular complexity index is 351. The Balaban J connectivity index is 1.37. The molecule has 0 aromatic heterocycles. The molecule has 5 nitrogen and oxygen atoms in total. The maximum atomic E-state index is 11.3. The predicted molar refractivity (Wildman–Crippen MR) is 80.1 cm³/mol. The Kier molecular flexibility index (Phi) is 5.14. The van der Waals surface area contributed by atoms with Gasteiger partial charge in [0, 0.05) is 31.8 Å². The zero-order valence-corrected chi connectivity index (χ0v) is 13.1. The monoisotopic (exact) mass is 296 g/mol. The Morgan fingerprint density at radius 2 is 1.95 bits per heavy atom. The van der Waals surface area contributed by atoms with Crippen LogP contribution in [-0.2, 0) is 14.3 Å². The lowest BCUT2D eigenvalue weighted by molar-refractivity contribution is -0.142. The van der Waals surface area contributed by atoms with Crippen molar-refractivity contribution in [3.63, 3.8) is 0 Å². The van der Waals surface area contributed by atoms with Crippen LogP contribution in [0.3, 0.4) is 0 Å². The summed E-state index contributed by atoms with van der Waals surface area (Å²) in [6.45, 7) is 3.33. The van der Waals surface area contributed by atoms with Crippen molar-refractivity contribution in [3.8, 4) is 0 Å². The van der Waals surface area contributed by atoms with Crippen LogP contribution in [0.4, 0.5) is 0 Å². The number of carbonyl (C=O) groups is 1. The van der Waals surface area contributed by atoms with Crippen LogP contribution in [0.5, 0.6) is 0 Å². The van der Waals surface area contributed by atoms with E-state index in [0.29, 0.717) is 24.7 Å². The van der Waals surface area contributed by atoms with Crippen LogP contribution in [0.25, 0.3) is 0 Å². The molecule has 0 bridgehead atoms. The molecule has 0 aromatic carbocycles. The van der Waals surface area contributed by atoms with Crippen molar-refractivity contribution in [2.75, 3.05) is 33.4 Å². The maximum Gasteiger partial charge on any atom is 0.319 e. The minimum absolute atomic E-state index is 0.127. The van der Waals surface area contributed by atoms with Gasteiger partial charge in [0.1, 0.15) is 0 Å². The molecule has 1 aliphatic carbocycles. The topological polar surface area (TPSA) is 50.8 Å². The van der Waals surface area contributed by atoms with Gasteiger partial charge in [-0.1, -0.05) is 0 Å².